The summed E-state index contributed by atoms with van der Waals surface area (Å²) in [6.45, 7) is 2.46. The summed E-state index contributed by atoms with van der Waals surface area (Å²) in [5.41, 5.74) is 3.29. The molecule has 2 amide bonds. The molecule has 0 bridgehead atoms. The van der Waals surface area contributed by atoms with Crippen LogP contribution >= 0.6 is 11.6 Å². The molecule has 0 aliphatic carbocycles. The van der Waals surface area contributed by atoms with Crippen molar-refractivity contribution in [3.8, 4) is 11.5 Å². The summed E-state index contributed by atoms with van der Waals surface area (Å²) in [6.07, 6.45) is 1.26. The predicted molar refractivity (Wildman–Crippen MR) is 104 cm³/mol. The topological polar surface area (TPSA) is 100 Å². The number of anilines is 1. The van der Waals surface area contributed by atoms with Gasteiger partial charge in [0.1, 0.15) is 11.5 Å². The van der Waals surface area contributed by atoms with Crippen LogP contribution in [0.5, 0.6) is 11.5 Å². The van der Waals surface area contributed by atoms with E-state index in [2.05, 4.69) is 15.8 Å². The number of ether oxygens (including phenoxy) is 1. The largest absolute Gasteiger partial charge is 0.507 e. The van der Waals surface area contributed by atoms with Crippen molar-refractivity contribution >= 4 is 35.3 Å². The highest BCUT2D eigenvalue weighted by atomic mass is 35.5. The Balaban J connectivity index is 1.75. The Kier molecular flexibility index (Phi) is 7.63. The molecule has 142 valence electrons. The van der Waals surface area contributed by atoms with Gasteiger partial charge in [-0.05, 0) is 49.4 Å². The molecule has 0 saturated heterocycles. The SMILES string of the molecule is CCOc1ccc(NC(=O)CCC(=O)N/N=C/c2cc(Cl)ccc2O)cc1. The monoisotopic (exact) mass is 389 g/mol. The van der Waals surface area contributed by atoms with Crippen LogP contribution in [-0.4, -0.2) is 29.7 Å². The third-order valence-corrected chi connectivity index (χ3v) is 3.65. The van der Waals surface area contributed by atoms with E-state index in [9.17, 15) is 14.7 Å². The molecule has 0 radical (unpaired) electrons. The number of aromatic hydroxyl groups is 1. The molecule has 2 rings (SSSR count). The van der Waals surface area contributed by atoms with Crippen molar-refractivity contribution in [2.45, 2.75) is 19.8 Å². The van der Waals surface area contributed by atoms with Gasteiger partial charge in [0.05, 0.1) is 12.8 Å². The minimum absolute atomic E-state index is 0.00729. The molecule has 0 heterocycles. The van der Waals surface area contributed by atoms with Crippen LogP contribution in [0, 0.1) is 0 Å². The zero-order chi connectivity index (χ0) is 19.6. The molecular formula is C19H20ClN3O4. The highest BCUT2D eigenvalue weighted by molar-refractivity contribution is 6.30. The number of nitrogens with zero attached hydrogens (tertiary/aromatic N) is 1. The number of carbonyl (C=O) groups excluding carboxylic acids is 2. The molecule has 0 atom stereocenters. The second-order valence-corrected chi connectivity index (χ2v) is 5.94. The van der Waals surface area contributed by atoms with Crippen LogP contribution in [0.25, 0.3) is 0 Å². The average Bonchev–Trinajstić information content (AvgIpc) is 2.65. The Morgan fingerprint density at radius 3 is 2.56 bits per heavy atom. The van der Waals surface area contributed by atoms with Gasteiger partial charge in [0.25, 0.3) is 0 Å². The Hall–Kier alpha value is -3.06. The van der Waals surface area contributed by atoms with Crippen molar-refractivity contribution in [3.63, 3.8) is 0 Å². The molecule has 0 unspecified atom stereocenters. The van der Waals surface area contributed by atoms with E-state index < -0.39 is 5.91 Å². The Morgan fingerprint density at radius 1 is 1.15 bits per heavy atom. The summed E-state index contributed by atoms with van der Waals surface area (Å²) in [4.78, 5) is 23.6. The molecule has 0 saturated carbocycles. The highest BCUT2D eigenvalue weighted by Gasteiger charge is 2.07. The third kappa shape index (κ3) is 6.99. The van der Waals surface area contributed by atoms with Gasteiger partial charge in [0.2, 0.25) is 11.8 Å². The summed E-state index contributed by atoms with van der Waals surface area (Å²) in [5, 5.41) is 16.5. The number of nitrogens with one attached hydrogen (secondary N) is 2. The van der Waals surface area contributed by atoms with E-state index in [0.29, 0.717) is 22.9 Å². The lowest BCUT2D eigenvalue weighted by Crippen LogP contribution is -2.20. The molecular weight excluding hydrogens is 370 g/mol. The summed E-state index contributed by atoms with van der Waals surface area (Å²) in [6, 6.07) is 11.4. The first-order valence-corrected chi connectivity index (χ1v) is 8.69. The van der Waals surface area contributed by atoms with Crippen molar-refractivity contribution in [3.05, 3.63) is 53.1 Å². The zero-order valence-corrected chi connectivity index (χ0v) is 15.5. The van der Waals surface area contributed by atoms with Crippen LogP contribution in [-0.2, 0) is 9.59 Å². The van der Waals surface area contributed by atoms with E-state index in [4.69, 9.17) is 16.3 Å². The molecule has 0 aliphatic rings. The molecule has 0 fully saturated rings. The van der Waals surface area contributed by atoms with Crippen LogP contribution in [0.4, 0.5) is 5.69 Å². The molecule has 0 aliphatic heterocycles. The number of amides is 2. The quantitative estimate of drug-likeness (QED) is 0.476. The number of benzene rings is 2. The van der Waals surface area contributed by atoms with E-state index in [1.165, 1.54) is 24.4 Å². The van der Waals surface area contributed by atoms with Crippen LogP contribution < -0.4 is 15.5 Å². The van der Waals surface area contributed by atoms with E-state index in [1.54, 1.807) is 24.3 Å². The minimum atomic E-state index is -0.422. The van der Waals surface area contributed by atoms with Crippen LogP contribution in [0.2, 0.25) is 5.02 Å². The van der Waals surface area contributed by atoms with Crippen molar-refractivity contribution in [2.24, 2.45) is 5.10 Å². The molecule has 2 aromatic carbocycles. The third-order valence-electron chi connectivity index (χ3n) is 3.41. The van der Waals surface area contributed by atoms with Gasteiger partial charge >= 0.3 is 0 Å². The first-order valence-electron chi connectivity index (χ1n) is 8.31. The van der Waals surface area contributed by atoms with Gasteiger partial charge in [0, 0.05) is 29.1 Å². The van der Waals surface area contributed by atoms with Crippen LogP contribution in [0.15, 0.2) is 47.6 Å². The lowest BCUT2D eigenvalue weighted by Gasteiger charge is -2.07. The number of hydrazone groups is 1. The van der Waals surface area contributed by atoms with E-state index in [-0.39, 0.29) is 24.5 Å². The molecule has 3 N–H and O–H groups in total. The van der Waals surface area contributed by atoms with Gasteiger partial charge in [-0.3, -0.25) is 9.59 Å². The second kappa shape index (κ2) is 10.2. The number of carbonyl (C=O) groups is 2. The van der Waals surface area contributed by atoms with Gasteiger partial charge in [-0.15, -0.1) is 0 Å². The fourth-order valence-corrected chi connectivity index (χ4v) is 2.29. The second-order valence-electron chi connectivity index (χ2n) is 5.50. The van der Waals surface area contributed by atoms with Crippen LogP contribution in [0.1, 0.15) is 25.3 Å². The van der Waals surface area contributed by atoms with E-state index in [0.717, 1.165) is 5.75 Å². The lowest BCUT2D eigenvalue weighted by atomic mass is 10.2. The Labute approximate surface area is 162 Å². The molecule has 2 aromatic rings. The number of phenols is 1. The highest BCUT2D eigenvalue weighted by Crippen LogP contribution is 2.19. The number of halogens is 1. The van der Waals surface area contributed by atoms with Crippen molar-refractivity contribution in [1.29, 1.82) is 0 Å². The Bertz CT molecular complexity index is 822. The number of phenolic OH excluding ortho intramolecular Hbond substituents is 1. The average molecular weight is 390 g/mol. The summed E-state index contributed by atoms with van der Waals surface area (Å²) in [7, 11) is 0. The van der Waals surface area contributed by atoms with E-state index >= 15 is 0 Å². The summed E-state index contributed by atoms with van der Waals surface area (Å²) in [5.74, 6) is 0.00555. The molecule has 27 heavy (non-hydrogen) atoms. The maximum absolute atomic E-state index is 11.9. The van der Waals surface area contributed by atoms with Crippen LogP contribution in [0.3, 0.4) is 0 Å². The molecule has 0 aromatic heterocycles. The molecule has 0 spiro atoms. The van der Waals surface area contributed by atoms with Crippen molar-refractivity contribution < 1.29 is 19.4 Å². The van der Waals surface area contributed by atoms with Gasteiger partial charge in [-0.2, -0.15) is 5.10 Å². The van der Waals surface area contributed by atoms with Crippen molar-refractivity contribution in [2.75, 3.05) is 11.9 Å². The summed E-state index contributed by atoms with van der Waals surface area (Å²) >= 11 is 5.82. The van der Waals surface area contributed by atoms with Crippen molar-refractivity contribution in [1.82, 2.24) is 5.43 Å². The maximum atomic E-state index is 11.9. The normalized spacial score (nSPS) is 10.6. The van der Waals surface area contributed by atoms with Gasteiger partial charge in [-0.25, -0.2) is 5.43 Å². The zero-order valence-electron chi connectivity index (χ0n) is 14.7. The minimum Gasteiger partial charge on any atom is -0.507 e. The van der Waals surface area contributed by atoms with Gasteiger partial charge in [-0.1, -0.05) is 11.6 Å². The van der Waals surface area contributed by atoms with Gasteiger partial charge in [0.15, 0.2) is 0 Å². The van der Waals surface area contributed by atoms with Gasteiger partial charge < -0.3 is 15.2 Å². The fraction of sp³-hybridized carbons (Fsp3) is 0.211. The number of hydrogen-bond acceptors (Lipinski definition) is 5. The lowest BCUT2D eigenvalue weighted by molar-refractivity contribution is -0.124. The Morgan fingerprint density at radius 2 is 1.85 bits per heavy atom. The predicted octanol–water partition coefficient (Wildman–Crippen LogP) is 3.31. The molecule has 7 nitrogen and oxygen atoms in total. The maximum Gasteiger partial charge on any atom is 0.240 e. The fourth-order valence-electron chi connectivity index (χ4n) is 2.11. The smallest absolute Gasteiger partial charge is 0.240 e. The summed E-state index contributed by atoms with van der Waals surface area (Å²) < 4.78 is 5.33. The number of hydrogen-bond donors (Lipinski definition) is 3. The first-order chi connectivity index (χ1) is 13.0. The first kappa shape index (κ1) is 20.3. The molecule has 8 heteroatoms. The standard InChI is InChI=1S/C19H20ClN3O4/c1-2-27-16-6-4-15(5-7-16)22-18(25)9-10-19(26)23-21-12-13-11-14(20)3-8-17(13)24/h3-8,11-12,24H,2,9-10H2,1H3,(H,22,25)(H,23,26)/b21-12+. The number of rotatable bonds is 8. The van der Waals surface area contributed by atoms with E-state index in [1.807, 2.05) is 6.92 Å².